The van der Waals surface area contributed by atoms with Crippen LogP contribution in [0, 0.1) is 41.4 Å². The fourth-order valence-electron chi connectivity index (χ4n) is 4.86. The van der Waals surface area contributed by atoms with Gasteiger partial charge in [-0.25, -0.2) is 0 Å². The van der Waals surface area contributed by atoms with Crippen LogP contribution in [-0.4, -0.2) is 22.9 Å². The summed E-state index contributed by atoms with van der Waals surface area (Å²) in [6, 6.07) is 0.649. The number of likely N-dealkylation sites (tertiary alicyclic amines) is 1. The number of amides is 1. The molecule has 0 bridgehead atoms. The third-order valence-electron chi connectivity index (χ3n) is 5.98. The Balaban J connectivity index is 3.46. The van der Waals surface area contributed by atoms with Crippen LogP contribution in [0.2, 0.25) is 0 Å². The molecule has 1 fully saturated rings. The van der Waals surface area contributed by atoms with Gasteiger partial charge < -0.3 is 4.90 Å². The van der Waals surface area contributed by atoms with Crippen molar-refractivity contribution in [3.05, 3.63) is 0 Å². The van der Waals surface area contributed by atoms with Crippen molar-refractivity contribution in [3.8, 4) is 0 Å². The minimum Gasteiger partial charge on any atom is -0.336 e. The minimum atomic E-state index is 0.169. The maximum atomic E-state index is 13.6. The lowest BCUT2D eigenvalue weighted by molar-refractivity contribution is -0.144. The molecule has 1 aliphatic heterocycles. The van der Waals surface area contributed by atoms with E-state index in [0.29, 0.717) is 47.5 Å². The van der Waals surface area contributed by atoms with Gasteiger partial charge in [0.05, 0.1) is 0 Å². The summed E-state index contributed by atoms with van der Waals surface area (Å²) in [5.74, 6) is 3.77. The maximum Gasteiger partial charge on any atom is 0.226 e. The van der Waals surface area contributed by atoms with Crippen LogP contribution in [0.1, 0.15) is 75.7 Å². The average Bonchev–Trinajstić information content (AvgIpc) is 2.52. The highest BCUT2D eigenvalue weighted by Crippen LogP contribution is 2.44. The van der Waals surface area contributed by atoms with E-state index in [1.807, 2.05) is 0 Å². The average molecular weight is 324 g/mol. The standard InChI is InChI=1S/C21H41NO/c1-12(2)17-11-18(13(3)4)20(15(7)8)22(16(9)10)21(23)19(17)14(5)6/h12-20H,11H2,1-10H3. The van der Waals surface area contributed by atoms with Gasteiger partial charge >= 0.3 is 0 Å². The molecule has 1 rings (SSSR count). The molecule has 1 saturated heterocycles. The minimum absolute atomic E-state index is 0.169. The number of nitrogens with zero attached hydrogens (tertiary/aromatic N) is 1. The summed E-state index contributed by atoms with van der Waals surface area (Å²) >= 11 is 0. The topological polar surface area (TPSA) is 20.3 Å². The Kier molecular flexibility index (Phi) is 7.16. The lowest BCUT2D eigenvalue weighted by Gasteiger charge is -2.42. The van der Waals surface area contributed by atoms with E-state index in [9.17, 15) is 4.79 Å². The Morgan fingerprint density at radius 3 is 1.52 bits per heavy atom. The van der Waals surface area contributed by atoms with Crippen LogP contribution >= 0.6 is 0 Å². The zero-order valence-electron chi connectivity index (χ0n) is 17.3. The fourth-order valence-corrected chi connectivity index (χ4v) is 4.86. The molecule has 23 heavy (non-hydrogen) atoms. The van der Waals surface area contributed by atoms with Crippen LogP contribution in [0.5, 0.6) is 0 Å². The van der Waals surface area contributed by atoms with Crippen LogP contribution in [0.25, 0.3) is 0 Å². The SMILES string of the molecule is CC(C)C1CC(C(C)C)C(C(C)C)N(C(C)C)C(=O)C1C(C)C. The van der Waals surface area contributed by atoms with Gasteiger partial charge in [0, 0.05) is 18.0 Å². The summed E-state index contributed by atoms with van der Waals surface area (Å²) in [6.45, 7) is 22.7. The highest BCUT2D eigenvalue weighted by molar-refractivity contribution is 5.80. The van der Waals surface area contributed by atoms with Gasteiger partial charge in [-0.1, -0.05) is 55.4 Å². The molecule has 0 N–H and O–H groups in total. The second kappa shape index (κ2) is 8.03. The van der Waals surface area contributed by atoms with Gasteiger partial charge in [-0.2, -0.15) is 0 Å². The Labute approximate surface area is 145 Å². The molecule has 0 aromatic rings. The lowest BCUT2D eigenvalue weighted by atomic mass is 9.70. The first-order valence-corrected chi connectivity index (χ1v) is 9.82. The number of rotatable bonds is 5. The van der Waals surface area contributed by atoms with Crippen LogP contribution in [0.3, 0.4) is 0 Å². The van der Waals surface area contributed by atoms with Gasteiger partial charge in [0.1, 0.15) is 0 Å². The van der Waals surface area contributed by atoms with E-state index < -0.39 is 0 Å². The molecular formula is C21H41NO. The first-order chi connectivity index (χ1) is 10.5. The molecule has 0 aliphatic carbocycles. The molecule has 0 radical (unpaired) electrons. The summed E-state index contributed by atoms with van der Waals surface area (Å²) in [6.07, 6.45) is 1.19. The largest absolute Gasteiger partial charge is 0.336 e. The highest BCUT2D eigenvalue weighted by Gasteiger charge is 2.47. The van der Waals surface area contributed by atoms with Crippen molar-refractivity contribution < 1.29 is 4.79 Å². The van der Waals surface area contributed by atoms with Gasteiger partial charge in [-0.15, -0.1) is 0 Å². The first kappa shape index (κ1) is 20.5. The lowest BCUT2D eigenvalue weighted by Crippen LogP contribution is -2.52. The van der Waals surface area contributed by atoms with Gasteiger partial charge in [0.2, 0.25) is 5.91 Å². The molecule has 4 unspecified atom stereocenters. The van der Waals surface area contributed by atoms with Crippen molar-refractivity contribution in [2.45, 2.75) is 87.7 Å². The zero-order chi connectivity index (χ0) is 18.1. The van der Waals surface area contributed by atoms with Crippen LogP contribution < -0.4 is 0 Å². The number of carbonyl (C=O) groups excluding carboxylic acids is 1. The zero-order valence-corrected chi connectivity index (χ0v) is 17.3. The van der Waals surface area contributed by atoms with E-state index in [-0.39, 0.29) is 12.0 Å². The fraction of sp³-hybridized carbons (Fsp3) is 0.952. The van der Waals surface area contributed by atoms with Crippen molar-refractivity contribution >= 4 is 5.91 Å². The van der Waals surface area contributed by atoms with E-state index in [1.54, 1.807) is 0 Å². The number of hydrogen-bond donors (Lipinski definition) is 0. The van der Waals surface area contributed by atoms with E-state index in [2.05, 4.69) is 74.1 Å². The Hall–Kier alpha value is -0.530. The van der Waals surface area contributed by atoms with Crippen molar-refractivity contribution in [2.24, 2.45) is 41.4 Å². The van der Waals surface area contributed by atoms with Gasteiger partial charge in [-0.05, 0) is 55.8 Å². The summed E-state index contributed by atoms with van der Waals surface area (Å²) < 4.78 is 0. The molecule has 1 aliphatic rings. The van der Waals surface area contributed by atoms with Crippen molar-refractivity contribution in [2.75, 3.05) is 0 Å². The van der Waals surface area contributed by atoms with Crippen LogP contribution in [-0.2, 0) is 4.79 Å². The van der Waals surface area contributed by atoms with Crippen molar-refractivity contribution in [1.82, 2.24) is 4.90 Å². The Morgan fingerprint density at radius 1 is 0.739 bits per heavy atom. The van der Waals surface area contributed by atoms with Crippen molar-refractivity contribution in [1.29, 1.82) is 0 Å². The third kappa shape index (κ3) is 4.31. The molecule has 0 saturated carbocycles. The monoisotopic (exact) mass is 323 g/mol. The predicted octanol–water partition coefficient (Wildman–Crippen LogP) is 5.47. The Morgan fingerprint density at radius 2 is 1.22 bits per heavy atom. The molecular weight excluding hydrogens is 282 g/mol. The second-order valence-electron chi connectivity index (χ2n) is 9.40. The van der Waals surface area contributed by atoms with Gasteiger partial charge in [-0.3, -0.25) is 4.79 Å². The molecule has 0 spiro atoms. The normalized spacial score (nSPS) is 30.2. The Bertz CT molecular complexity index is 383. The third-order valence-corrected chi connectivity index (χ3v) is 5.98. The summed E-state index contributed by atoms with van der Waals surface area (Å²) in [7, 11) is 0. The summed E-state index contributed by atoms with van der Waals surface area (Å²) in [5, 5.41) is 0. The van der Waals surface area contributed by atoms with E-state index >= 15 is 0 Å². The number of hydrogen-bond acceptors (Lipinski definition) is 1. The predicted molar refractivity (Wildman–Crippen MR) is 100 cm³/mol. The molecule has 1 amide bonds. The maximum absolute atomic E-state index is 13.6. The second-order valence-corrected chi connectivity index (χ2v) is 9.40. The van der Waals surface area contributed by atoms with Gasteiger partial charge in [0.15, 0.2) is 0 Å². The molecule has 4 atom stereocenters. The van der Waals surface area contributed by atoms with Crippen LogP contribution in [0.15, 0.2) is 0 Å². The van der Waals surface area contributed by atoms with Crippen LogP contribution in [0.4, 0.5) is 0 Å². The number of carbonyl (C=O) groups is 1. The molecule has 0 aromatic heterocycles. The molecule has 2 heteroatoms. The summed E-state index contributed by atoms with van der Waals surface area (Å²) in [4.78, 5) is 15.8. The highest BCUT2D eigenvalue weighted by atomic mass is 16.2. The summed E-state index contributed by atoms with van der Waals surface area (Å²) in [5.41, 5.74) is 0. The molecule has 1 heterocycles. The van der Waals surface area contributed by atoms with E-state index in [0.717, 1.165) is 0 Å². The smallest absolute Gasteiger partial charge is 0.226 e. The van der Waals surface area contributed by atoms with Gasteiger partial charge in [0.25, 0.3) is 0 Å². The first-order valence-electron chi connectivity index (χ1n) is 9.82. The molecule has 0 aromatic carbocycles. The quantitative estimate of drug-likeness (QED) is 0.657. The van der Waals surface area contributed by atoms with E-state index in [4.69, 9.17) is 0 Å². The van der Waals surface area contributed by atoms with E-state index in [1.165, 1.54) is 6.42 Å². The van der Waals surface area contributed by atoms with Crippen molar-refractivity contribution in [3.63, 3.8) is 0 Å². The molecule has 2 nitrogen and oxygen atoms in total. The molecule has 136 valence electrons.